The first-order valence-corrected chi connectivity index (χ1v) is 7.57. The van der Waals surface area contributed by atoms with E-state index >= 15 is 0 Å². The number of rotatable bonds is 6. The highest BCUT2D eigenvalue weighted by molar-refractivity contribution is 7.10. The lowest BCUT2D eigenvalue weighted by atomic mass is 9.99. The highest BCUT2D eigenvalue weighted by atomic mass is 32.1. The van der Waals surface area contributed by atoms with Crippen molar-refractivity contribution in [3.63, 3.8) is 0 Å². The number of carbonyl (C=O) groups excluding carboxylic acids is 1. The molecule has 1 unspecified atom stereocenters. The summed E-state index contributed by atoms with van der Waals surface area (Å²) >= 11 is 1.51. The molecule has 0 bridgehead atoms. The molecule has 1 saturated carbocycles. The summed E-state index contributed by atoms with van der Waals surface area (Å²) in [5, 5.41) is 13.9. The van der Waals surface area contributed by atoms with E-state index in [9.17, 15) is 9.59 Å². The van der Waals surface area contributed by atoms with Crippen molar-refractivity contribution in [1.82, 2.24) is 5.32 Å². The third-order valence-electron chi connectivity index (χ3n) is 3.52. The van der Waals surface area contributed by atoms with Crippen LogP contribution < -0.4 is 5.32 Å². The van der Waals surface area contributed by atoms with Crippen molar-refractivity contribution in [2.45, 2.75) is 50.5 Å². The van der Waals surface area contributed by atoms with Crippen LogP contribution in [0.2, 0.25) is 0 Å². The highest BCUT2D eigenvalue weighted by Gasteiger charge is 2.23. The quantitative estimate of drug-likeness (QED) is 0.842. The van der Waals surface area contributed by atoms with Gasteiger partial charge in [0.1, 0.15) is 0 Å². The molecular formula is C14H19NO3S. The van der Waals surface area contributed by atoms with Crippen LogP contribution in [0.15, 0.2) is 17.5 Å². The SMILES string of the molecule is O=C(O)CC(CC(=O)NC1CCCC1)c1cccs1. The largest absolute Gasteiger partial charge is 0.481 e. The number of carboxylic acid groups (broad SMARTS) is 1. The molecule has 4 nitrogen and oxygen atoms in total. The summed E-state index contributed by atoms with van der Waals surface area (Å²) in [5.74, 6) is -1.09. The van der Waals surface area contributed by atoms with Gasteiger partial charge in [-0.1, -0.05) is 18.9 Å². The topological polar surface area (TPSA) is 66.4 Å². The molecule has 1 atom stereocenters. The maximum atomic E-state index is 12.0. The molecule has 104 valence electrons. The maximum absolute atomic E-state index is 12.0. The van der Waals surface area contributed by atoms with Gasteiger partial charge in [-0.15, -0.1) is 11.3 Å². The van der Waals surface area contributed by atoms with Crippen molar-refractivity contribution >= 4 is 23.2 Å². The monoisotopic (exact) mass is 281 g/mol. The lowest BCUT2D eigenvalue weighted by Crippen LogP contribution is -2.33. The number of hydrogen-bond acceptors (Lipinski definition) is 3. The van der Waals surface area contributed by atoms with Gasteiger partial charge in [0.05, 0.1) is 6.42 Å². The summed E-state index contributed by atoms with van der Waals surface area (Å²) in [6, 6.07) is 4.09. The van der Waals surface area contributed by atoms with Crippen LogP contribution in [0.5, 0.6) is 0 Å². The average Bonchev–Trinajstić information content (AvgIpc) is 2.99. The van der Waals surface area contributed by atoms with Crippen molar-refractivity contribution in [1.29, 1.82) is 0 Å². The standard InChI is InChI=1S/C14H19NO3S/c16-13(15-11-4-1-2-5-11)8-10(9-14(17)18)12-6-3-7-19-12/h3,6-7,10-11H,1-2,4-5,8-9H2,(H,15,16)(H,17,18). The van der Waals surface area contributed by atoms with Crippen LogP contribution in [0.4, 0.5) is 0 Å². The molecule has 1 heterocycles. The van der Waals surface area contributed by atoms with E-state index in [2.05, 4.69) is 5.32 Å². The normalized spacial score (nSPS) is 17.3. The molecule has 1 aliphatic carbocycles. The molecule has 0 spiro atoms. The number of aliphatic carboxylic acids is 1. The molecule has 1 aromatic rings. The molecule has 1 aromatic heterocycles. The summed E-state index contributed by atoms with van der Waals surface area (Å²) in [6.45, 7) is 0. The Morgan fingerprint density at radius 2 is 2.11 bits per heavy atom. The molecule has 2 N–H and O–H groups in total. The average molecular weight is 281 g/mol. The summed E-state index contributed by atoms with van der Waals surface area (Å²) in [5.41, 5.74) is 0. The Labute approximate surface area is 116 Å². The first kappa shape index (κ1) is 14.1. The summed E-state index contributed by atoms with van der Waals surface area (Å²) < 4.78 is 0. The van der Waals surface area contributed by atoms with Gasteiger partial charge in [0.25, 0.3) is 0 Å². The lowest BCUT2D eigenvalue weighted by Gasteiger charge is -2.16. The molecule has 1 aliphatic rings. The molecule has 2 rings (SSSR count). The number of carbonyl (C=O) groups is 2. The van der Waals surface area contributed by atoms with Gasteiger partial charge in [0.2, 0.25) is 5.91 Å². The first-order chi connectivity index (χ1) is 9.15. The third-order valence-corrected chi connectivity index (χ3v) is 4.55. The fourth-order valence-electron chi connectivity index (χ4n) is 2.59. The van der Waals surface area contributed by atoms with Crippen LogP contribution in [0, 0.1) is 0 Å². The summed E-state index contributed by atoms with van der Waals surface area (Å²) in [6.07, 6.45) is 4.73. The molecule has 5 heteroatoms. The van der Waals surface area contributed by atoms with E-state index in [1.165, 1.54) is 24.2 Å². The Morgan fingerprint density at radius 1 is 1.37 bits per heavy atom. The molecule has 0 saturated heterocycles. The predicted octanol–water partition coefficient (Wildman–Crippen LogP) is 2.76. The molecule has 1 fully saturated rings. The Kier molecular flexibility index (Phi) is 4.96. The second-order valence-electron chi connectivity index (χ2n) is 5.06. The van der Waals surface area contributed by atoms with Crippen molar-refractivity contribution in [3.05, 3.63) is 22.4 Å². The summed E-state index contributed by atoms with van der Waals surface area (Å²) in [7, 11) is 0. The molecule has 0 aliphatic heterocycles. The van der Waals surface area contributed by atoms with E-state index in [0.717, 1.165) is 17.7 Å². The molecule has 0 aromatic carbocycles. The Hall–Kier alpha value is -1.36. The molecular weight excluding hydrogens is 262 g/mol. The van der Waals surface area contributed by atoms with Gasteiger partial charge in [-0.05, 0) is 24.3 Å². The van der Waals surface area contributed by atoms with Gasteiger partial charge in [-0.3, -0.25) is 9.59 Å². The number of hydrogen-bond donors (Lipinski definition) is 2. The zero-order valence-electron chi connectivity index (χ0n) is 10.8. The van der Waals surface area contributed by atoms with Crippen molar-refractivity contribution < 1.29 is 14.7 Å². The van der Waals surface area contributed by atoms with E-state index in [4.69, 9.17) is 5.11 Å². The van der Waals surface area contributed by atoms with Crippen LogP contribution in [0.3, 0.4) is 0 Å². The van der Waals surface area contributed by atoms with Crippen molar-refractivity contribution in [3.8, 4) is 0 Å². The second kappa shape index (κ2) is 6.70. The predicted molar refractivity (Wildman–Crippen MR) is 74.3 cm³/mol. The van der Waals surface area contributed by atoms with Crippen LogP contribution in [0.1, 0.15) is 49.3 Å². The van der Waals surface area contributed by atoms with E-state index in [-0.39, 0.29) is 24.7 Å². The Morgan fingerprint density at radius 3 is 2.68 bits per heavy atom. The minimum atomic E-state index is -0.855. The molecule has 1 amide bonds. The van der Waals surface area contributed by atoms with E-state index in [0.29, 0.717) is 6.04 Å². The van der Waals surface area contributed by atoms with Gasteiger partial charge < -0.3 is 10.4 Å². The Balaban J connectivity index is 1.91. The van der Waals surface area contributed by atoms with Gasteiger partial charge in [-0.2, -0.15) is 0 Å². The van der Waals surface area contributed by atoms with E-state index in [1.54, 1.807) is 0 Å². The van der Waals surface area contributed by atoms with Gasteiger partial charge >= 0.3 is 5.97 Å². The Bertz CT molecular complexity index is 424. The first-order valence-electron chi connectivity index (χ1n) is 6.69. The van der Waals surface area contributed by atoms with Crippen LogP contribution in [-0.4, -0.2) is 23.0 Å². The van der Waals surface area contributed by atoms with Gasteiger partial charge in [0, 0.05) is 23.3 Å². The molecule has 0 radical (unpaired) electrons. The van der Waals surface area contributed by atoms with Crippen LogP contribution in [-0.2, 0) is 9.59 Å². The minimum Gasteiger partial charge on any atom is -0.481 e. The number of carboxylic acids is 1. The maximum Gasteiger partial charge on any atom is 0.304 e. The zero-order valence-corrected chi connectivity index (χ0v) is 11.6. The van der Waals surface area contributed by atoms with Crippen molar-refractivity contribution in [2.24, 2.45) is 0 Å². The summed E-state index contributed by atoms with van der Waals surface area (Å²) in [4.78, 5) is 23.9. The van der Waals surface area contributed by atoms with E-state index < -0.39 is 5.97 Å². The number of nitrogens with one attached hydrogen (secondary N) is 1. The smallest absolute Gasteiger partial charge is 0.304 e. The van der Waals surface area contributed by atoms with Crippen LogP contribution >= 0.6 is 11.3 Å². The highest BCUT2D eigenvalue weighted by Crippen LogP contribution is 2.28. The fourth-order valence-corrected chi connectivity index (χ4v) is 3.42. The van der Waals surface area contributed by atoms with Gasteiger partial charge in [0.15, 0.2) is 0 Å². The molecule has 19 heavy (non-hydrogen) atoms. The number of amides is 1. The third kappa shape index (κ3) is 4.35. The zero-order chi connectivity index (χ0) is 13.7. The lowest BCUT2D eigenvalue weighted by molar-refractivity contribution is -0.137. The second-order valence-corrected chi connectivity index (χ2v) is 6.04. The number of thiophene rings is 1. The van der Waals surface area contributed by atoms with Crippen molar-refractivity contribution in [2.75, 3.05) is 0 Å². The fraction of sp³-hybridized carbons (Fsp3) is 0.571. The van der Waals surface area contributed by atoms with E-state index in [1.807, 2.05) is 17.5 Å². The van der Waals surface area contributed by atoms with Gasteiger partial charge in [-0.25, -0.2) is 0 Å². The van der Waals surface area contributed by atoms with Crippen LogP contribution in [0.25, 0.3) is 0 Å². The minimum absolute atomic E-state index is 0.0125.